The summed E-state index contributed by atoms with van der Waals surface area (Å²) in [6.45, 7) is 6.39. The van der Waals surface area contributed by atoms with Crippen molar-refractivity contribution in [3.05, 3.63) is 57.2 Å². The smallest absolute Gasteiger partial charge is 0.339 e. The van der Waals surface area contributed by atoms with E-state index in [-0.39, 0.29) is 22.3 Å². The first-order valence-corrected chi connectivity index (χ1v) is 10.5. The topological polar surface area (TPSA) is 118 Å². The van der Waals surface area contributed by atoms with Crippen LogP contribution in [0.2, 0.25) is 5.02 Å². The molecule has 1 N–H and O–H groups in total. The molecule has 1 atom stereocenters. The number of amides is 1. The van der Waals surface area contributed by atoms with Crippen LogP contribution in [0, 0.1) is 10.1 Å². The molecule has 170 valence electrons. The quantitative estimate of drug-likeness (QED) is 0.380. The highest BCUT2D eigenvalue weighted by atomic mass is 35.5. The van der Waals surface area contributed by atoms with Gasteiger partial charge in [0.2, 0.25) is 5.91 Å². The third-order valence-electron chi connectivity index (χ3n) is 5.24. The normalized spacial score (nSPS) is 15.2. The first-order valence-electron chi connectivity index (χ1n) is 10.2. The van der Waals surface area contributed by atoms with E-state index in [1.54, 1.807) is 26.0 Å². The Morgan fingerprint density at radius 3 is 2.56 bits per heavy atom. The van der Waals surface area contributed by atoms with E-state index in [1.165, 1.54) is 24.4 Å². The van der Waals surface area contributed by atoms with Gasteiger partial charge >= 0.3 is 5.97 Å². The summed E-state index contributed by atoms with van der Waals surface area (Å²) in [5.74, 6) is 0.0519. The minimum absolute atomic E-state index is 0.146. The standard InChI is InChI=1S/C21H24ClN5O5/c1-3-32-21(29)15-4-7-19(23-13-15)26-10-8-25(9-11-26)14(2)20(28)24-18-12-16(27(30)31)5-6-17(18)22/h4-7,12-14H,3,8-11H2,1-2H3,(H,24,28). The van der Waals surface area contributed by atoms with Crippen LogP contribution in [0.4, 0.5) is 17.2 Å². The molecule has 2 aromatic rings. The molecule has 1 aromatic heterocycles. The number of rotatable bonds is 7. The summed E-state index contributed by atoms with van der Waals surface area (Å²) in [4.78, 5) is 43.3. The largest absolute Gasteiger partial charge is 0.462 e. The number of carbonyl (C=O) groups is 2. The molecule has 1 aliphatic rings. The van der Waals surface area contributed by atoms with Crippen molar-refractivity contribution >= 4 is 40.7 Å². The number of benzene rings is 1. The van der Waals surface area contributed by atoms with E-state index >= 15 is 0 Å². The van der Waals surface area contributed by atoms with E-state index in [0.717, 1.165) is 5.82 Å². The average molecular weight is 462 g/mol. The average Bonchev–Trinajstić information content (AvgIpc) is 2.80. The molecule has 11 heteroatoms. The van der Waals surface area contributed by atoms with Gasteiger partial charge in [0.1, 0.15) is 5.82 Å². The fourth-order valence-corrected chi connectivity index (χ4v) is 3.54. The number of piperazine rings is 1. The number of pyridine rings is 1. The lowest BCUT2D eigenvalue weighted by Crippen LogP contribution is -2.53. The van der Waals surface area contributed by atoms with Crippen molar-refractivity contribution in [2.45, 2.75) is 19.9 Å². The molecule has 32 heavy (non-hydrogen) atoms. The second kappa shape index (κ2) is 10.4. The summed E-state index contributed by atoms with van der Waals surface area (Å²) in [6, 6.07) is 6.93. The number of ether oxygens (including phenoxy) is 1. The zero-order valence-electron chi connectivity index (χ0n) is 17.8. The number of non-ortho nitro benzene ring substituents is 1. The monoisotopic (exact) mass is 461 g/mol. The van der Waals surface area contributed by atoms with Gasteiger partial charge in [-0.2, -0.15) is 0 Å². The van der Waals surface area contributed by atoms with Crippen molar-refractivity contribution in [2.75, 3.05) is 43.0 Å². The van der Waals surface area contributed by atoms with Gasteiger partial charge in [-0.15, -0.1) is 0 Å². The molecule has 0 saturated carbocycles. The van der Waals surface area contributed by atoms with Crippen molar-refractivity contribution < 1.29 is 19.2 Å². The van der Waals surface area contributed by atoms with Gasteiger partial charge in [0, 0.05) is 44.5 Å². The fraction of sp³-hybridized carbons (Fsp3) is 0.381. The maximum atomic E-state index is 12.7. The van der Waals surface area contributed by atoms with Crippen molar-refractivity contribution in [3.63, 3.8) is 0 Å². The second-order valence-corrected chi connectivity index (χ2v) is 7.64. The number of nitro groups is 1. The van der Waals surface area contributed by atoms with Crippen LogP contribution >= 0.6 is 11.6 Å². The highest BCUT2D eigenvalue weighted by Gasteiger charge is 2.27. The van der Waals surface area contributed by atoms with Gasteiger partial charge in [-0.25, -0.2) is 9.78 Å². The van der Waals surface area contributed by atoms with E-state index < -0.39 is 16.9 Å². The van der Waals surface area contributed by atoms with Crippen LogP contribution in [0.3, 0.4) is 0 Å². The molecule has 0 spiro atoms. The summed E-state index contributed by atoms with van der Waals surface area (Å²) < 4.78 is 4.97. The lowest BCUT2D eigenvalue weighted by atomic mass is 10.2. The molecule has 0 aliphatic carbocycles. The number of carbonyl (C=O) groups excluding carboxylic acids is 2. The molecule has 1 aromatic carbocycles. The maximum absolute atomic E-state index is 12.7. The molecule has 1 saturated heterocycles. The third kappa shape index (κ3) is 5.51. The number of anilines is 2. The molecule has 2 heterocycles. The number of halogens is 1. The summed E-state index contributed by atoms with van der Waals surface area (Å²) in [5.41, 5.74) is 0.467. The predicted molar refractivity (Wildman–Crippen MR) is 120 cm³/mol. The molecule has 1 fully saturated rings. The maximum Gasteiger partial charge on any atom is 0.339 e. The Kier molecular flexibility index (Phi) is 7.60. The lowest BCUT2D eigenvalue weighted by molar-refractivity contribution is -0.384. The zero-order chi connectivity index (χ0) is 23.3. The highest BCUT2D eigenvalue weighted by molar-refractivity contribution is 6.33. The Labute approximate surface area is 190 Å². The summed E-state index contributed by atoms with van der Waals surface area (Å²) in [7, 11) is 0. The first kappa shape index (κ1) is 23.4. The van der Waals surface area contributed by atoms with Crippen molar-refractivity contribution in [1.29, 1.82) is 0 Å². The Bertz CT molecular complexity index is 993. The van der Waals surface area contributed by atoms with E-state index in [2.05, 4.69) is 15.2 Å². The van der Waals surface area contributed by atoms with Gasteiger partial charge in [0.15, 0.2) is 0 Å². The van der Waals surface area contributed by atoms with Crippen molar-refractivity contribution in [2.24, 2.45) is 0 Å². The number of nitrogens with zero attached hydrogens (tertiary/aromatic N) is 4. The summed E-state index contributed by atoms with van der Waals surface area (Å²) in [6.07, 6.45) is 1.50. The highest BCUT2D eigenvalue weighted by Crippen LogP contribution is 2.27. The van der Waals surface area contributed by atoms with Crippen LogP contribution in [0.15, 0.2) is 36.5 Å². The number of esters is 1. The van der Waals surface area contributed by atoms with Gasteiger partial charge in [-0.3, -0.25) is 19.8 Å². The van der Waals surface area contributed by atoms with Gasteiger partial charge in [0.25, 0.3) is 5.69 Å². The number of aromatic nitrogens is 1. The van der Waals surface area contributed by atoms with Gasteiger partial charge in [0.05, 0.1) is 33.8 Å². The van der Waals surface area contributed by atoms with Crippen molar-refractivity contribution in [1.82, 2.24) is 9.88 Å². The third-order valence-corrected chi connectivity index (χ3v) is 5.57. The van der Waals surface area contributed by atoms with Gasteiger partial charge in [-0.05, 0) is 32.0 Å². The first-order chi connectivity index (χ1) is 15.3. The number of nitrogens with one attached hydrogen (secondary N) is 1. The van der Waals surface area contributed by atoms with E-state index in [4.69, 9.17) is 16.3 Å². The van der Waals surface area contributed by atoms with Crippen LogP contribution in [-0.2, 0) is 9.53 Å². The Balaban J connectivity index is 1.56. The van der Waals surface area contributed by atoms with E-state index in [1.807, 2.05) is 4.90 Å². The molecule has 1 aliphatic heterocycles. The summed E-state index contributed by atoms with van der Waals surface area (Å²) in [5, 5.41) is 13.9. The number of nitro benzene ring substituents is 1. The Morgan fingerprint density at radius 2 is 1.97 bits per heavy atom. The van der Waals surface area contributed by atoms with Crippen molar-refractivity contribution in [3.8, 4) is 0 Å². The predicted octanol–water partition coefficient (Wildman–Crippen LogP) is 2.97. The molecule has 3 rings (SSSR count). The molecule has 0 bridgehead atoms. The second-order valence-electron chi connectivity index (χ2n) is 7.24. The fourth-order valence-electron chi connectivity index (χ4n) is 3.37. The van der Waals surface area contributed by atoms with Gasteiger partial charge < -0.3 is 15.0 Å². The molecular formula is C21H24ClN5O5. The van der Waals surface area contributed by atoms with Gasteiger partial charge in [-0.1, -0.05) is 11.6 Å². The number of hydrogen-bond acceptors (Lipinski definition) is 8. The molecule has 1 unspecified atom stereocenters. The molecular weight excluding hydrogens is 438 g/mol. The molecule has 0 radical (unpaired) electrons. The minimum atomic E-state index is -0.540. The van der Waals surface area contributed by atoms with E-state index in [0.29, 0.717) is 38.3 Å². The Morgan fingerprint density at radius 1 is 1.25 bits per heavy atom. The van der Waals surface area contributed by atoms with Crippen LogP contribution in [0.25, 0.3) is 0 Å². The Hall–Kier alpha value is -3.24. The van der Waals surface area contributed by atoms with Crippen LogP contribution in [0.5, 0.6) is 0 Å². The van der Waals surface area contributed by atoms with Crippen LogP contribution in [0.1, 0.15) is 24.2 Å². The summed E-state index contributed by atoms with van der Waals surface area (Å²) >= 11 is 6.08. The van der Waals surface area contributed by atoms with Crippen LogP contribution in [-0.4, -0.2) is 65.5 Å². The minimum Gasteiger partial charge on any atom is -0.462 e. The SMILES string of the molecule is CCOC(=O)c1ccc(N2CCN(C(C)C(=O)Nc3cc([N+](=O)[O-])ccc3Cl)CC2)nc1. The zero-order valence-corrected chi connectivity index (χ0v) is 18.5. The number of hydrogen-bond donors (Lipinski definition) is 1. The van der Waals surface area contributed by atoms with Crippen LogP contribution < -0.4 is 10.2 Å². The molecule has 10 nitrogen and oxygen atoms in total. The lowest BCUT2D eigenvalue weighted by Gasteiger charge is -2.38. The van der Waals surface area contributed by atoms with E-state index in [9.17, 15) is 19.7 Å². The molecule has 1 amide bonds.